The van der Waals surface area contributed by atoms with Crippen LogP contribution in [0.1, 0.15) is 18.9 Å². The molecule has 1 amide bonds. The predicted molar refractivity (Wildman–Crippen MR) is 57.6 cm³/mol. The fourth-order valence-corrected chi connectivity index (χ4v) is 1.26. The summed E-state index contributed by atoms with van der Waals surface area (Å²) >= 11 is 0. The van der Waals surface area contributed by atoms with Crippen LogP contribution in [-0.2, 0) is 11.3 Å². The van der Waals surface area contributed by atoms with Gasteiger partial charge in [0.1, 0.15) is 0 Å². The summed E-state index contributed by atoms with van der Waals surface area (Å²) in [7, 11) is 1.81. The molecule has 1 aromatic carbocycles. The number of carbonyl (C=O) groups is 1. The van der Waals surface area contributed by atoms with Gasteiger partial charge in [0, 0.05) is 25.7 Å². The van der Waals surface area contributed by atoms with E-state index in [1.165, 1.54) is 0 Å². The van der Waals surface area contributed by atoms with Crippen molar-refractivity contribution in [2.24, 2.45) is 0 Å². The fraction of sp³-hybridized carbons (Fsp3) is 0.364. The summed E-state index contributed by atoms with van der Waals surface area (Å²) < 4.78 is 0. The van der Waals surface area contributed by atoms with Crippen molar-refractivity contribution in [2.45, 2.75) is 19.9 Å². The maximum atomic E-state index is 11.3. The molecule has 2 N–H and O–H groups in total. The molecule has 0 aromatic heterocycles. The van der Waals surface area contributed by atoms with Crippen LogP contribution < -0.4 is 5.73 Å². The molecule has 3 nitrogen and oxygen atoms in total. The van der Waals surface area contributed by atoms with Gasteiger partial charge in [0.15, 0.2) is 0 Å². The summed E-state index contributed by atoms with van der Waals surface area (Å²) in [6.07, 6.45) is 0.547. The van der Waals surface area contributed by atoms with Gasteiger partial charge in [0.05, 0.1) is 0 Å². The molecule has 0 saturated carbocycles. The molecule has 1 aromatic rings. The molecular weight excluding hydrogens is 176 g/mol. The second kappa shape index (κ2) is 4.65. The van der Waals surface area contributed by atoms with E-state index < -0.39 is 0 Å². The van der Waals surface area contributed by atoms with Crippen molar-refractivity contribution in [3.63, 3.8) is 0 Å². The molecule has 14 heavy (non-hydrogen) atoms. The second-order valence-corrected chi connectivity index (χ2v) is 3.34. The van der Waals surface area contributed by atoms with Crippen molar-refractivity contribution in [1.82, 2.24) is 4.90 Å². The van der Waals surface area contributed by atoms with Gasteiger partial charge in [-0.3, -0.25) is 4.79 Å². The zero-order valence-electron chi connectivity index (χ0n) is 8.66. The van der Waals surface area contributed by atoms with Crippen LogP contribution in [0.25, 0.3) is 0 Å². The lowest BCUT2D eigenvalue weighted by atomic mass is 10.2. The first kappa shape index (κ1) is 10.6. The summed E-state index contributed by atoms with van der Waals surface area (Å²) in [6, 6.07) is 7.57. The monoisotopic (exact) mass is 192 g/mol. The summed E-state index contributed by atoms with van der Waals surface area (Å²) in [5.74, 6) is 0.154. The van der Waals surface area contributed by atoms with E-state index in [9.17, 15) is 4.79 Å². The Kier molecular flexibility index (Phi) is 3.51. The Hall–Kier alpha value is -1.51. The minimum Gasteiger partial charge on any atom is -0.399 e. The minimum atomic E-state index is 0.154. The first-order chi connectivity index (χ1) is 6.63. The maximum Gasteiger partial charge on any atom is 0.222 e. The van der Waals surface area contributed by atoms with Crippen molar-refractivity contribution in [1.29, 1.82) is 0 Å². The molecule has 0 radical (unpaired) electrons. The Balaban J connectivity index is 2.60. The topological polar surface area (TPSA) is 46.3 Å². The van der Waals surface area contributed by atoms with Gasteiger partial charge in [-0.05, 0) is 17.7 Å². The van der Waals surface area contributed by atoms with Crippen LogP contribution in [-0.4, -0.2) is 17.9 Å². The normalized spacial score (nSPS) is 9.86. The molecule has 0 saturated heterocycles. The van der Waals surface area contributed by atoms with Crippen LogP contribution in [0.3, 0.4) is 0 Å². The fourth-order valence-electron chi connectivity index (χ4n) is 1.26. The van der Waals surface area contributed by atoms with Crippen molar-refractivity contribution in [3.05, 3.63) is 29.8 Å². The molecule has 0 aliphatic heterocycles. The van der Waals surface area contributed by atoms with E-state index in [0.717, 1.165) is 11.3 Å². The minimum absolute atomic E-state index is 0.154. The number of carbonyl (C=O) groups excluding carboxylic acids is 1. The van der Waals surface area contributed by atoms with Gasteiger partial charge in [-0.15, -0.1) is 0 Å². The van der Waals surface area contributed by atoms with Crippen LogP contribution >= 0.6 is 0 Å². The largest absolute Gasteiger partial charge is 0.399 e. The number of hydrogen-bond donors (Lipinski definition) is 1. The number of amides is 1. The maximum absolute atomic E-state index is 11.3. The number of rotatable bonds is 3. The van der Waals surface area contributed by atoms with Gasteiger partial charge in [0.2, 0.25) is 5.91 Å². The molecule has 0 aliphatic carbocycles. The summed E-state index contributed by atoms with van der Waals surface area (Å²) in [5.41, 5.74) is 7.41. The van der Waals surface area contributed by atoms with Gasteiger partial charge in [-0.2, -0.15) is 0 Å². The van der Waals surface area contributed by atoms with Crippen molar-refractivity contribution in [3.8, 4) is 0 Å². The molecule has 0 heterocycles. The zero-order chi connectivity index (χ0) is 10.6. The standard InChI is InChI=1S/C11H16N2O/c1-3-11(14)13(2)8-9-4-6-10(12)7-5-9/h4-7H,3,8,12H2,1-2H3. The van der Waals surface area contributed by atoms with Gasteiger partial charge >= 0.3 is 0 Å². The molecule has 0 spiro atoms. The van der Waals surface area contributed by atoms with Crippen molar-refractivity contribution in [2.75, 3.05) is 12.8 Å². The number of hydrogen-bond acceptors (Lipinski definition) is 2. The molecule has 3 heteroatoms. The predicted octanol–water partition coefficient (Wildman–Crippen LogP) is 1.64. The van der Waals surface area contributed by atoms with Gasteiger partial charge < -0.3 is 10.6 Å². The van der Waals surface area contributed by atoms with Gasteiger partial charge in [0.25, 0.3) is 0 Å². The van der Waals surface area contributed by atoms with Gasteiger partial charge in [-0.1, -0.05) is 19.1 Å². The molecule has 76 valence electrons. The van der Waals surface area contributed by atoms with Crippen LogP contribution in [0, 0.1) is 0 Å². The highest BCUT2D eigenvalue weighted by molar-refractivity contribution is 5.75. The van der Waals surface area contributed by atoms with Crippen LogP contribution in [0.2, 0.25) is 0 Å². The Morgan fingerprint density at radius 1 is 1.36 bits per heavy atom. The SMILES string of the molecule is CCC(=O)N(C)Cc1ccc(N)cc1. The van der Waals surface area contributed by atoms with E-state index in [2.05, 4.69) is 0 Å². The number of benzene rings is 1. The summed E-state index contributed by atoms with van der Waals surface area (Å²) in [6.45, 7) is 2.51. The Bertz CT molecular complexity index is 306. The second-order valence-electron chi connectivity index (χ2n) is 3.34. The highest BCUT2D eigenvalue weighted by atomic mass is 16.2. The lowest BCUT2D eigenvalue weighted by Crippen LogP contribution is -2.25. The molecule has 1 rings (SSSR count). The Labute approximate surface area is 84.5 Å². The van der Waals surface area contributed by atoms with Crippen molar-refractivity contribution < 1.29 is 4.79 Å². The quantitative estimate of drug-likeness (QED) is 0.740. The average molecular weight is 192 g/mol. The smallest absolute Gasteiger partial charge is 0.222 e. The molecule has 0 bridgehead atoms. The van der Waals surface area contributed by atoms with Crippen molar-refractivity contribution >= 4 is 11.6 Å². The molecule has 0 atom stereocenters. The number of nitrogens with two attached hydrogens (primary N) is 1. The van der Waals surface area contributed by atoms with Crippen LogP contribution in [0.15, 0.2) is 24.3 Å². The molecule has 0 aliphatic rings. The van der Waals surface area contributed by atoms with Gasteiger partial charge in [-0.25, -0.2) is 0 Å². The first-order valence-corrected chi connectivity index (χ1v) is 4.72. The highest BCUT2D eigenvalue weighted by Gasteiger charge is 2.05. The average Bonchev–Trinajstić information content (AvgIpc) is 2.20. The van der Waals surface area contributed by atoms with E-state index in [4.69, 9.17) is 5.73 Å². The zero-order valence-corrected chi connectivity index (χ0v) is 8.66. The highest BCUT2D eigenvalue weighted by Crippen LogP contribution is 2.08. The molecule has 0 fully saturated rings. The van der Waals surface area contributed by atoms with E-state index in [0.29, 0.717) is 13.0 Å². The molecular formula is C11H16N2O. The number of nitrogens with zero attached hydrogens (tertiary/aromatic N) is 1. The van der Waals surface area contributed by atoms with E-state index in [-0.39, 0.29) is 5.91 Å². The summed E-state index contributed by atoms with van der Waals surface area (Å²) in [5, 5.41) is 0. The number of nitrogen functional groups attached to an aromatic ring is 1. The van der Waals surface area contributed by atoms with E-state index >= 15 is 0 Å². The van der Waals surface area contributed by atoms with E-state index in [1.807, 2.05) is 38.2 Å². The summed E-state index contributed by atoms with van der Waals surface area (Å²) in [4.78, 5) is 13.0. The molecule has 0 unspecified atom stereocenters. The van der Waals surface area contributed by atoms with Crippen LogP contribution in [0.5, 0.6) is 0 Å². The Morgan fingerprint density at radius 2 is 1.93 bits per heavy atom. The lowest BCUT2D eigenvalue weighted by Gasteiger charge is -2.16. The third-order valence-corrected chi connectivity index (χ3v) is 2.13. The third kappa shape index (κ3) is 2.76. The third-order valence-electron chi connectivity index (χ3n) is 2.13. The Morgan fingerprint density at radius 3 is 2.43 bits per heavy atom. The lowest BCUT2D eigenvalue weighted by molar-refractivity contribution is -0.130. The van der Waals surface area contributed by atoms with E-state index in [1.54, 1.807) is 4.90 Å². The first-order valence-electron chi connectivity index (χ1n) is 4.72. The number of anilines is 1. The van der Waals surface area contributed by atoms with Crippen LogP contribution in [0.4, 0.5) is 5.69 Å².